The number of nitrogens with zero attached hydrogens (tertiary/aromatic N) is 3. The molecule has 0 amide bonds. The second-order valence-electron chi connectivity index (χ2n) is 13.7. The van der Waals surface area contributed by atoms with Gasteiger partial charge in [0.25, 0.3) is 0 Å². The first-order valence-electron chi connectivity index (χ1n) is 18.6. The Morgan fingerprint density at radius 3 is 1.96 bits per heavy atom. The van der Waals surface area contributed by atoms with E-state index in [-0.39, 0.29) is 0 Å². The fourth-order valence-electron chi connectivity index (χ4n) is 7.44. The summed E-state index contributed by atoms with van der Waals surface area (Å²) >= 11 is 0. The zero-order valence-electron chi connectivity index (χ0n) is 30.3. The lowest BCUT2D eigenvalue weighted by Gasteiger charge is -2.15. The quantitative estimate of drug-likeness (QED) is 0.173. The van der Waals surface area contributed by atoms with E-state index in [2.05, 4.69) is 175 Å². The van der Waals surface area contributed by atoms with Gasteiger partial charge in [-0.15, -0.1) is 0 Å². The Morgan fingerprint density at radius 2 is 1.13 bits per heavy atom. The van der Waals surface area contributed by atoms with Crippen LogP contribution >= 0.6 is 0 Å². The van der Waals surface area contributed by atoms with Gasteiger partial charge in [0.05, 0.1) is 11.4 Å². The monoisotopic (exact) mass is 703 g/mol. The average Bonchev–Trinajstić information content (AvgIpc) is 3.26. The van der Waals surface area contributed by atoms with Crippen LogP contribution in [0.1, 0.15) is 17.5 Å². The molecule has 0 fully saturated rings. The summed E-state index contributed by atoms with van der Waals surface area (Å²) in [5, 5.41) is 4.80. The largest absolute Gasteiger partial charge is 0.264 e. The Hall–Kier alpha value is -7.23. The Morgan fingerprint density at radius 1 is 0.455 bits per heavy atom. The summed E-state index contributed by atoms with van der Waals surface area (Å²) in [7, 11) is 0. The number of hydrogen-bond donors (Lipinski definition) is 0. The highest BCUT2D eigenvalue weighted by Crippen LogP contribution is 2.32. The number of benzene rings is 6. The zero-order chi connectivity index (χ0) is 37.0. The van der Waals surface area contributed by atoms with Gasteiger partial charge in [-0.25, -0.2) is 9.97 Å². The molecule has 1 aliphatic carbocycles. The van der Waals surface area contributed by atoms with E-state index in [4.69, 9.17) is 9.97 Å². The Kier molecular flexibility index (Phi) is 9.17. The predicted molar refractivity (Wildman–Crippen MR) is 228 cm³/mol. The summed E-state index contributed by atoms with van der Waals surface area (Å²) in [6.07, 6.45) is 13.0. The van der Waals surface area contributed by atoms with Crippen molar-refractivity contribution in [3.63, 3.8) is 0 Å². The molecule has 0 saturated heterocycles. The molecule has 260 valence electrons. The second-order valence-corrected chi connectivity index (χ2v) is 13.7. The van der Waals surface area contributed by atoms with Crippen molar-refractivity contribution < 1.29 is 0 Å². The van der Waals surface area contributed by atoms with Gasteiger partial charge in [-0.3, -0.25) is 4.98 Å². The van der Waals surface area contributed by atoms with Crippen LogP contribution in [0.3, 0.4) is 0 Å². The van der Waals surface area contributed by atoms with Crippen molar-refractivity contribution in [3.8, 4) is 45.0 Å². The van der Waals surface area contributed by atoms with Crippen molar-refractivity contribution in [1.82, 2.24) is 15.0 Å². The maximum Gasteiger partial charge on any atom is 0.160 e. The molecule has 0 saturated carbocycles. The third-order valence-corrected chi connectivity index (χ3v) is 10.2. The molecular weight excluding hydrogens is 667 g/mol. The van der Waals surface area contributed by atoms with Gasteiger partial charge in [0, 0.05) is 34.6 Å². The first-order chi connectivity index (χ1) is 27.2. The minimum Gasteiger partial charge on any atom is -0.264 e. The van der Waals surface area contributed by atoms with Gasteiger partial charge in [0.1, 0.15) is 0 Å². The normalized spacial score (nSPS) is 16.0. The lowest BCUT2D eigenvalue weighted by molar-refractivity contribution is 1.18. The molecule has 0 unspecified atom stereocenters. The number of aromatic nitrogens is 3. The molecule has 8 aromatic rings. The molecule has 3 heteroatoms. The lowest BCUT2D eigenvalue weighted by Crippen LogP contribution is -2.30. The van der Waals surface area contributed by atoms with Crippen LogP contribution in [0.2, 0.25) is 0 Å². The minimum absolute atomic E-state index is 0.659. The van der Waals surface area contributed by atoms with Crippen LogP contribution in [0.4, 0.5) is 0 Å². The maximum absolute atomic E-state index is 5.24. The zero-order valence-corrected chi connectivity index (χ0v) is 30.3. The minimum atomic E-state index is 0.659. The average molecular weight is 704 g/mol. The predicted octanol–water partition coefficient (Wildman–Crippen LogP) is 11.2. The van der Waals surface area contributed by atoms with Crippen LogP contribution in [0.15, 0.2) is 213 Å². The van der Waals surface area contributed by atoms with E-state index in [1.54, 1.807) is 6.20 Å². The van der Waals surface area contributed by atoms with Gasteiger partial charge in [-0.2, -0.15) is 0 Å². The summed E-state index contributed by atoms with van der Waals surface area (Å²) in [5.41, 5.74) is 12.4. The third-order valence-electron chi connectivity index (χ3n) is 10.2. The summed E-state index contributed by atoms with van der Waals surface area (Å²) in [6.45, 7) is 4.62. The van der Waals surface area contributed by atoms with Gasteiger partial charge in [-0.05, 0) is 91.4 Å². The molecule has 0 N–H and O–H groups in total. The van der Waals surface area contributed by atoms with Crippen LogP contribution < -0.4 is 10.4 Å². The second kappa shape index (κ2) is 15.0. The van der Waals surface area contributed by atoms with Crippen LogP contribution in [0.5, 0.6) is 0 Å². The van der Waals surface area contributed by atoms with E-state index >= 15 is 0 Å². The molecule has 3 nitrogen and oxygen atoms in total. The summed E-state index contributed by atoms with van der Waals surface area (Å²) < 4.78 is 0. The van der Waals surface area contributed by atoms with Crippen molar-refractivity contribution in [3.05, 3.63) is 234 Å². The van der Waals surface area contributed by atoms with Gasteiger partial charge in [-0.1, -0.05) is 164 Å². The van der Waals surface area contributed by atoms with E-state index in [9.17, 15) is 0 Å². The Bertz CT molecular complexity index is 2900. The number of hydrogen-bond acceptors (Lipinski definition) is 3. The number of allylic oxidation sites excluding steroid dienone is 5. The molecular formula is C52H37N3. The molecule has 9 rings (SSSR count). The highest BCUT2D eigenvalue weighted by atomic mass is 14.9. The van der Waals surface area contributed by atoms with Crippen molar-refractivity contribution in [2.45, 2.75) is 6.42 Å². The van der Waals surface area contributed by atoms with Crippen LogP contribution in [0, 0.1) is 0 Å². The van der Waals surface area contributed by atoms with Crippen molar-refractivity contribution in [2.75, 3.05) is 0 Å². The van der Waals surface area contributed by atoms with E-state index < -0.39 is 0 Å². The number of pyridine rings is 1. The molecule has 0 atom stereocenters. The van der Waals surface area contributed by atoms with E-state index in [1.807, 2.05) is 30.5 Å². The molecule has 55 heavy (non-hydrogen) atoms. The number of fused-ring (bicyclic) bond motifs is 2. The van der Waals surface area contributed by atoms with Crippen molar-refractivity contribution in [1.29, 1.82) is 0 Å². The fraction of sp³-hybridized carbons (Fsp3) is 0.0192. The molecule has 0 radical (unpaired) electrons. The van der Waals surface area contributed by atoms with Gasteiger partial charge < -0.3 is 0 Å². The fourth-order valence-corrected chi connectivity index (χ4v) is 7.44. The molecule has 1 aliphatic rings. The van der Waals surface area contributed by atoms with E-state index in [0.29, 0.717) is 5.82 Å². The van der Waals surface area contributed by atoms with Crippen LogP contribution in [-0.4, -0.2) is 15.0 Å². The summed E-state index contributed by atoms with van der Waals surface area (Å²) in [4.78, 5) is 14.8. The van der Waals surface area contributed by atoms with Gasteiger partial charge in [0.15, 0.2) is 5.82 Å². The first-order valence-corrected chi connectivity index (χ1v) is 18.6. The third kappa shape index (κ3) is 6.99. The SMILES string of the molecule is C=C1/C=C\C=C/C/C(c2ccc3ccccc3c2)=c2/cccc/c2=C/1c1cccc(-c2nc(-c3ccccc3)cc(-c3cccc(-c4cccnc4)c3)n2)c1. The molecule has 6 aromatic carbocycles. The van der Waals surface area contributed by atoms with Crippen molar-refractivity contribution in [2.24, 2.45) is 0 Å². The molecule has 2 aromatic heterocycles. The molecule has 0 bridgehead atoms. The summed E-state index contributed by atoms with van der Waals surface area (Å²) in [5.74, 6) is 0.659. The van der Waals surface area contributed by atoms with Crippen LogP contribution in [-0.2, 0) is 0 Å². The first kappa shape index (κ1) is 33.6. The topological polar surface area (TPSA) is 38.7 Å². The Balaban J connectivity index is 1.24. The van der Waals surface area contributed by atoms with Gasteiger partial charge in [0.2, 0.25) is 0 Å². The van der Waals surface area contributed by atoms with Crippen molar-refractivity contribution >= 4 is 21.9 Å². The van der Waals surface area contributed by atoms with Gasteiger partial charge >= 0.3 is 0 Å². The van der Waals surface area contributed by atoms with E-state index in [1.165, 1.54) is 27.1 Å². The number of rotatable bonds is 6. The van der Waals surface area contributed by atoms with E-state index in [0.717, 1.165) is 67.6 Å². The molecule has 0 spiro atoms. The van der Waals surface area contributed by atoms with Crippen LogP contribution in [0.25, 0.3) is 66.9 Å². The Labute approximate surface area is 321 Å². The smallest absolute Gasteiger partial charge is 0.160 e. The highest BCUT2D eigenvalue weighted by Gasteiger charge is 2.15. The lowest BCUT2D eigenvalue weighted by atomic mass is 9.90. The molecule has 0 aliphatic heterocycles. The molecule has 2 heterocycles. The summed E-state index contributed by atoms with van der Waals surface area (Å²) in [6, 6.07) is 57.6. The maximum atomic E-state index is 5.24. The standard InChI is InChI=1S/C52H37N3/c1-36-15-4-2-7-25-46(41-29-28-37-16-8-9-19-39(37)31-41)47-26-10-11-27-48(47)51(36)43-22-13-23-44(33-43)52-54-49(38-17-5-3-6-18-38)34-50(55-52)42-21-12-20-40(32-42)45-24-14-30-53-35-45/h2-24,26-35H,1,25H2/b7-2-,15-4-,47-46+,51-48+. The highest BCUT2D eigenvalue weighted by molar-refractivity contribution is 5.88.